The van der Waals surface area contributed by atoms with Crippen molar-refractivity contribution in [3.05, 3.63) is 40.9 Å². The number of benzene rings is 1. The summed E-state index contributed by atoms with van der Waals surface area (Å²) in [5, 5.41) is 5.61. The van der Waals surface area contributed by atoms with Crippen LogP contribution in [0.5, 0.6) is 0 Å². The maximum Gasteiger partial charge on any atom is 0.270 e. The van der Waals surface area contributed by atoms with E-state index in [9.17, 15) is 9.59 Å². The second-order valence-electron chi connectivity index (χ2n) is 6.30. The molecule has 2 aromatic rings. The van der Waals surface area contributed by atoms with Crippen molar-refractivity contribution in [3.8, 4) is 10.6 Å². The number of nitrogens with zero attached hydrogens (tertiary/aromatic N) is 1. The van der Waals surface area contributed by atoms with Crippen LogP contribution in [-0.4, -0.2) is 22.7 Å². The molecule has 3 rings (SSSR count). The monoisotopic (exact) mass is 372 g/mol. The van der Waals surface area contributed by atoms with Crippen LogP contribution in [0.15, 0.2) is 29.6 Å². The van der Waals surface area contributed by atoms with Crippen LogP contribution in [0.4, 0.5) is 0 Å². The lowest BCUT2D eigenvalue weighted by Gasteiger charge is -2.15. The summed E-state index contributed by atoms with van der Waals surface area (Å²) in [6.07, 6.45) is 6.98. The molecule has 1 aromatic heterocycles. The summed E-state index contributed by atoms with van der Waals surface area (Å²) >= 11 is 1.40. The number of amides is 1. The van der Waals surface area contributed by atoms with Crippen LogP contribution >= 0.6 is 11.3 Å². The molecule has 5 heteroatoms. The van der Waals surface area contributed by atoms with Crippen LogP contribution in [0.3, 0.4) is 0 Å². The van der Waals surface area contributed by atoms with E-state index in [1.807, 2.05) is 32.0 Å². The standard InChI is InChI=1S/C19H22N2O2S.C2H6/c1-13(22)15-10-6-7-11-16(15)19-21-17(12-24-19)18(23)20-14-8-4-2-3-5-9-14;1-2/h6-7,10-12,14H,2-5,8-9H2,1H3,(H,20,23);1-2H3. The highest BCUT2D eigenvalue weighted by Gasteiger charge is 2.19. The Balaban J connectivity index is 0.00000117. The second kappa shape index (κ2) is 10.2. The summed E-state index contributed by atoms with van der Waals surface area (Å²) in [7, 11) is 0. The van der Waals surface area contributed by atoms with Crippen molar-refractivity contribution < 1.29 is 9.59 Å². The van der Waals surface area contributed by atoms with Gasteiger partial charge in [0, 0.05) is 22.5 Å². The number of ketones is 1. The summed E-state index contributed by atoms with van der Waals surface area (Å²) in [6, 6.07) is 7.66. The minimum Gasteiger partial charge on any atom is -0.348 e. The molecule has 0 spiro atoms. The summed E-state index contributed by atoms with van der Waals surface area (Å²) in [4.78, 5) is 28.7. The molecule has 0 unspecified atom stereocenters. The fraction of sp³-hybridized carbons (Fsp3) is 0.476. The van der Waals surface area contributed by atoms with Crippen LogP contribution in [0.25, 0.3) is 10.6 Å². The third kappa shape index (κ3) is 5.24. The van der Waals surface area contributed by atoms with E-state index in [1.54, 1.807) is 18.4 Å². The minimum absolute atomic E-state index is 0.00487. The normalized spacial score (nSPS) is 14.7. The topological polar surface area (TPSA) is 59.1 Å². The van der Waals surface area contributed by atoms with Crippen LogP contribution in [0.1, 0.15) is 80.1 Å². The van der Waals surface area contributed by atoms with Gasteiger partial charge in [0.25, 0.3) is 5.91 Å². The van der Waals surface area contributed by atoms with Crippen LogP contribution in [0, 0.1) is 0 Å². The molecule has 0 radical (unpaired) electrons. The van der Waals surface area contributed by atoms with E-state index in [1.165, 1.54) is 37.0 Å². The van der Waals surface area contributed by atoms with Crippen molar-refractivity contribution in [2.75, 3.05) is 0 Å². The number of rotatable bonds is 4. The number of aromatic nitrogens is 1. The summed E-state index contributed by atoms with van der Waals surface area (Å²) in [5.74, 6) is -0.102. The Morgan fingerprint density at radius 1 is 1.08 bits per heavy atom. The number of hydrogen-bond acceptors (Lipinski definition) is 4. The highest BCUT2D eigenvalue weighted by atomic mass is 32.1. The summed E-state index contributed by atoms with van der Waals surface area (Å²) < 4.78 is 0. The maximum absolute atomic E-state index is 12.5. The third-order valence-electron chi connectivity index (χ3n) is 4.46. The molecule has 0 bridgehead atoms. The van der Waals surface area contributed by atoms with Crippen molar-refractivity contribution in [2.24, 2.45) is 0 Å². The minimum atomic E-state index is -0.107. The van der Waals surface area contributed by atoms with Gasteiger partial charge in [-0.3, -0.25) is 9.59 Å². The van der Waals surface area contributed by atoms with Crippen LogP contribution in [-0.2, 0) is 0 Å². The van der Waals surface area contributed by atoms with E-state index in [2.05, 4.69) is 10.3 Å². The first-order valence-electron chi connectivity index (χ1n) is 9.52. The summed E-state index contributed by atoms with van der Waals surface area (Å²) in [6.45, 7) is 5.55. The Labute approximate surface area is 160 Å². The van der Waals surface area contributed by atoms with Gasteiger partial charge in [-0.25, -0.2) is 4.98 Å². The summed E-state index contributed by atoms with van der Waals surface area (Å²) in [5.41, 5.74) is 1.88. The zero-order chi connectivity index (χ0) is 18.9. The van der Waals surface area contributed by atoms with Gasteiger partial charge in [-0.05, 0) is 19.8 Å². The zero-order valence-corrected chi connectivity index (χ0v) is 16.7. The molecule has 0 aliphatic heterocycles. The van der Waals surface area contributed by atoms with Gasteiger partial charge in [0.1, 0.15) is 10.7 Å². The van der Waals surface area contributed by atoms with Gasteiger partial charge < -0.3 is 5.32 Å². The zero-order valence-electron chi connectivity index (χ0n) is 15.9. The number of carbonyl (C=O) groups excluding carboxylic acids is 2. The number of carbonyl (C=O) groups is 2. The van der Waals surface area contributed by atoms with Gasteiger partial charge in [-0.2, -0.15) is 0 Å². The predicted octanol–water partition coefficient (Wildman–Crippen LogP) is 5.49. The number of nitrogens with one attached hydrogen (secondary N) is 1. The smallest absolute Gasteiger partial charge is 0.270 e. The van der Waals surface area contributed by atoms with E-state index < -0.39 is 0 Å². The van der Waals surface area contributed by atoms with Gasteiger partial charge in [-0.1, -0.05) is 63.8 Å². The lowest BCUT2D eigenvalue weighted by atomic mass is 10.1. The molecular weight excluding hydrogens is 344 g/mol. The molecular formula is C21H28N2O2S. The maximum atomic E-state index is 12.5. The highest BCUT2D eigenvalue weighted by Crippen LogP contribution is 2.27. The first kappa shape index (κ1) is 20.3. The van der Waals surface area contributed by atoms with Crippen molar-refractivity contribution in [1.82, 2.24) is 10.3 Å². The molecule has 1 fully saturated rings. The molecule has 0 atom stereocenters. The fourth-order valence-corrected chi connectivity index (χ4v) is 4.00. The molecule has 1 aliphatic carbocycles. The van der Waals surface area contributed by atoms with Gasteiger partial charge in [0.2, 0.25) is 0 Å². The Kier molecular flexibility index (Phi) is 7.98. The largest absolute Gasteiger partial charge is 0.348 e. The van der Waals surface area contributed by atoms with Crippen LogP contribution < -0.4 is 5.32 Å². The molecule has 1 aromatic carbocycles. The average molecular weight is 373 g/mol. The number of thiazole rings is 1. The molecule has 140 valence electrons. The third-order valence-corrected chi connectivity index (χ3v) is 5.34. The van der Waals surface area contributed by atoms with E-state index in [0.29, 0.717) is 16.3 Å². The van der Waals surface area contributed by atoms with Crippen molar-refractivity contribution in [3.63, 3.8) is 0 Å². The Hall–Kier alpha value is -2.01. The van der Waals surface area contributed by atoms with E-state index in [4.69, 9.17) is 0 Å². The first-order chi connectivity index (χ1) is 12.6. The lowest BCUT2D eigenvalue weighted by molar-refractivity contribution is 0.0928. The van der Waals surface area contributed by atoms with E-state index in [0.717, 1.165) is 18.4 Å². The Morgan fingerprint density at radius 3 is 2.38 bits per heavy atom. The van der Waals surface area contributed by atoms with Crippen molar-refractivity contribution in [1.29, 1.82) is 0 Å². The van der Waals surface area contributed by atoms with Gasteiger partial charge in [-0.15, -0.1) is 11.3 Å². The lowest BCUT2D eigenvalue weighted by Crippen LogP contribution is -2.34. The van der Waals surface area contributed by atoms with Gasteiger partial charge in [0.05, 0.1) is 0 Å². The quantitative estimate of drug-likeness (QED) is 0.570. The number of hydrogen-bond donors (Lipinski definition) is 1. The molecule has 1 heterocycles. The molecule has 1 amide bonds. The van der Waals surface area contributed by atoms with Crippen molar-refractivity contribution >= 4 is 23.0 Å². The molecule has 1 aliphatic rings. The van der Waals surface area contributed by atoms with E-state index >= 15 is 0 Å². The van der Waals surface area contributed by atoms with Crippen LogP contribution in [0.2, 0.25) is 0 Å². The van der Waals surface area contributed by atoms with Gasteiger partial charge in [0.15, 0.2) is 5.78 Å². The SMILES string of the molecule is CC.CC(=O)c1ccccc1-c1nc(C(=O)NC2CCCCCC2)cs1. The van der Waals surface area contributed by atoms with Crippen molar-refractivity contribution in [2.45, 2.75) is 65.3 Å². The van der Waals surface area contributed by atoms with Gasteiger partial charge >= 0.3 is 0 Å². The average Bonchev–Trinajstić information content (AvgIpc) is 3.02. The molecule has 1 saturated carbocycles. The number of Topliss-reactive ketones (excluding diaryl/α,β-unsaturated/α-hetero) is 1. The second-order valence-corrected chi connectivity index (χ2v) is 7.16. The molecule has 4 nitrogen and oxygen atoms in total. The predicted molar refractivity (Wildman–Crippen MR) is 108 cm³/mol. The highest BCUT2D eigenvalue weighted by molar-refractivity contribution is 7.13. The Bertz CT molecular complexity index is 731. The molecule has 1 N–H and O–H groups in total. The molecule has 0 saturated heterocycles. The fourth-order valence-electron chi connectivity index (χ4n) is 3.16. The Morgan fingerprint density at radius 2 is 1.73 bits per heavy atom. The first-order valence-corrected chi connectivity index (χ1v) is 10.4. The van der Waals surface area contributed by atoms with E-state index in [-0.39, 0.29) is 17.7 Å². The molecule has 26 heavy (non-hydrogen) atoms.